The standard InChI is InChI=1S/C28H20F3N5O3/c1-28(13-32,16-4-2-3-15(9-16)5-8-23(37)38)22-12-33-27(36-22)18-10-17(6-7-19(18)29)39-26-20(30)11-21-25(24(26)31)35-14-34-21/h2-4,6-7,9-12,14H,5,8H2,1H3,(H,33,36)(H,34,35)(H,37,38). The van der Waals surface area contributed by atoms with E-state index in [0.717, 1.165) is 17.7 Å². The van der Waals surface area contributed by atoms with E-state index in [-0.39, 0.29) is 34.6 Å². The highest BCUT2D eigenvalue weighted by molar-refractivity contribution is 5.77. The van der Waals surface area contributed by atoms with Gasteiger partial charge < -0.3 is 19.8 Å². The van der Waals surface area contributed by atoms with Gasteiger partial charge in [-0.1, -0.05) is 24.3 Å². The van der Waals surface area contributed by atoms with Gasteiger partial charge in [0.1, 0.15) is 28.3 Å². The van der Waals surface area contributed by atoms with Crippen molar-refractivity contribution in [2.24, 2.45) is 0 Å². The number of nitrogens with zero attached hydrogens (tertiary/aromatic N) is 3. The minimum atomic E-state index is -1.22. The number of benzene rings is 3. The van der Waals surface area contributed by atoms with Crippen LogP contribution in [0.3, 0.4) is 0 Å². The van der Waals surface area contributed by atoms with E-state index in [9.17, 15) is 23.2 Å². The maximum Gasteiger partial charge on any atom is 0.303 e. The van der Waals surface area contributed by atoms with E-state index in [1.807, 2.05) is 0 Å². The Balaban J connectivity index is 1.47. The molecule has 0 fully saturated rings. The molecule has 0 amide bonds. The highest BCUT2D eigenvalue weighted by Gasteiger charge is 2.32. The van der Waals surface area contributed by atoms with Crippen molar-refractivity contribution >= 4 is 17.0 Å². The SMILES string of the molecule is CC(C#N)(c1cccc(CCC(=O)O)c1)c1cnc(-c2cc(Oc3c(F)cc4[nH]cnc4c3F)ccc2F)[nH]1. The lowest BCUT2D eigenvalue weighted by atomic mass is 9.80. The van der Waals surface area contributed by atoms with Crippen LogP contribution in [0.4, 0.5) is 13.2 Å². The average Bonchev–Trinajstić information content (AvgIpc) is 3.61. The summed E-state index contributed by atoms with van der Waals surface area (Å²) in [7, 11) is 0. The van der Waals surface area contributed by atoms with E-state index in [1.165, 1.54) is 24.7 Å². The average molecular weight is 531 g/mol. The molecule has 5 rings (SSSR count). The first-order valence-electron chi connectivity index (χ1n) is 11.8. The Morgan fingerprint density at radius 3 is 2.72 bits per heavy atom. The molecule has 0 saturated carbocycles. The fourth-order valence-corrected chi connectivity index (χ4v) is 4.24. The van der Waals surface area contributed by atoms with Crippen LogP contribution in [0.2, 0.25) is 0 Å². The quantitative estimate of drug-likeness (QED) is 0.225. The zero-order valence-corrected chi connectivity index (χ0v) is 20.4. The topological polar surface area (TPSA) is 128 Å². The zero-order chi connectivity index (χ0) is 27.7. The molecule has 1 atom stereocenters. The van der Waals surface area contributed by atoms with Crippen LogP contribution in [0.25, 0.3) is 22.4 Å². The van der Waals surface area contributed by atoms with Crippen molar-refractivity contribution in [2.45, 2.75) is 25.2 Å². The summed E-state index contributed by atoms with van der Waals surface area (Å²) in [5, 5.41) is 19.1. The number of nitriles is 1. The highest BCUT2D eigenvalue weighted by Crippen LogP contribution is 2.36. The summed E-state index contributed by atoms with van der Waals surface area (Å²) in [6, 6.07) is 13.8. The molecule has 11 heteroatoms. The summed E-state index contributed by atoms with van der Waals surface area (Å²) in [5.74, 6) is -4.25. The van der Waals surface area contributed by atoms with Gasteiger partial charge in [-0.25, -0.2) is 23.1 Å². The number of aromatic nitrogens is 4. The Hall–Kier alpha value is -5.11. The number of carboxylic acid groups (broad SMARTS) is 1. The first kappa shape index (κ1) is 25.5. The van der Waals surface area contributed by atoms with Crippen LogP contribution < -0.4 is 4.74 Å². The summed E-state index contributed by atoms with van der Waals surface area (Å²) in [6.45, 7) is 1.66. The number of aromatic amines is 2. The fourth-order valence-electron chi connectivity index (χ4n) is 4.24. The van der Waals surface area contributed by atoms with Crippen molar-refractivity contribution in [1.29, 1.82) is 5.26 Å². The minimum Gasteiger partial charge on any atom is -0.481 e. The number of halogens is 3. The molecule has 2 heterocycles. The number of carbonyl (C=O) groups is 1. The number of H-pyrrole nitrogens is 2. The van der Waals surface area contributed by atoms with Crippen molar-refractivity contribution in [1.82, 2.24) is 19.9 Å². The van der Waals surface area contributed by atoms with Gasteiger partial charge >= 0.3 is 5.97 Å². The largest absolute Gasteiger partial charge is 0.481 e. The number of ether oxygens (including phenoxy) is 1. The third-order valence-electron chi connectivity index (χ3n) is 6.45. The van der Waals surface area contributed by atoms with Crippen molar-refractivity contribution in [3.8, 4) is 29.0 Å². The second-order valence-corrected chi connectivity index (χ2v) is 9.02. The van der Waals surface area contributed by atoms with Crippen molar-refractivity contribution in [2.75, 3.05) is 0 Å². The molecule has 3 N–H and O–H groups in total. The van der Waals surface area contributed by atoms with Gasteiger partial charge in [-0.2, -0.15) is 5.26 Å². The van der Waals surface area contributed by atoms with E-state index < -0.39 is 34.6 Å². The maximum atomic E-state index is 14.8. The number of nitrogens with one attached hydrogen (secondary N) is 2. The van der Waals surface area contributed by atoms with Crippen molar-refractivity contribution < 1.29 is 27.8 Å². The lowest BCUT2D eigenvalue weighted by Gasteiger charge is -2.21. The monoisotopic (exact) mass is 531 g/mol. The van der Waals surface area contributed by atoms with Gasteiger partial charge in [-0.15, -0.1) is 0 Å². The molecule has 0 aliphatic rings. The van der Waals surface area contributed by atoms with Gasteiger partial charge in [0, 0.05) is 12.5 Å². The van der Waals surface area contributed by atoms with Gasteiger partial charge in [0.25, 0.3) is 0 Å². The van der Waals surface area contributed by atoms with Gasteiger partial charge in [0.2, 0.25) is 5.75 Å². The predicted molar refractivity (Wildman–Crippen MR) is 135 cm³/mol. The molecule has 0 saturated heterocycles. The normalized spacial score (nSPS) is 12.7. The Bertz CT molecular complexity index is 1760. The Kier molecular flexibility index (Phi) is 6.54. The first-order valence-corrected chi connectivity index (χ1v) is 11.8. The molecular weight excluding hydrogens is 511 g/mol. The van der Waals surface area contributed by atoms with Gasteiger partial charge in [-0.05, 0) is 42.7 Å². The number of imidazole rings is 2. The number of aryl methyl sites for hydroxylation is 1. The molecular formula is C28H20F3N5O3. The molecule has 0 aliphatic carbocycles. The van der Waals surface area contributed by atoms with E-state index in [0.29, 0.717) is 17.7 Å². The molecule has 1 unspecified atom stereocenters. The van der Waals surface area contributed by atoms with Gasteiger partial charge in [0.15, 0.2) is 11.6 Å². The first-order chi connectivity index (χ1) is 18.7. The number of carboxylic acids is 1. The minimum absolute atomic E-state index is 0.0455. The molecule has 0 spiro atoms. The lowest BCUT2D eigenvalue weighted by Crippen LogP contribution is -2.22. The molecule has 0 aliphatic heterocycles. The number of fused-ring (bicyclic) bond motifs is 1. The number of rotatable bonds is 8. The Morgan fingerprint density at radius 2 is 1.95 bits per heavy atom. The maximum absolute atomic E-state index is 14.8. The van der Waals surface area contributed by atoms with Gasteiger partial charge in [-0.3, -0.25) is 4.79 Å². The van der Waals surface area contributed by atoms with Crippen LogP contribution in [0.1, 0.15) is 30.2 Å². The predicted octanol–water partition coefficient (Wildman–Crippen LogP) is 6.01. The number of hydrogen-bond donors (Lipinski definition) is 3. The van der Waals surface area contributed by atoms with Crippen LogP contribution in [0, 0.1) is 28.8 Å². The molecule has 2 aromatic heterocycles. The Labute approximate surface area is 219 Å². The number of aliphatic carboxylic acids is 1. The molecule has 196 valence electrons. The number of hydrogen-bond acceptors (Lipinski definition) is 5. The van der Waals surface area contributed by atoms with Crippen molar-refractivity contribution in [3.05, 3.63) is 95.3 Å². The lowest BCUT2D eigenvalue weighted by molar-refractivity contribution is -0.136. The van der Waals surface area contributed by atoms with Crippen LogP contribution >= 0.6 is 0 Å². The smallest absolute Gasteiger partial charge is 0.303 e. The van der Waals surface area contributed by atoms with E-state index in [1.54, 1.807) is 31.2 Å². The molecule has 8 nitrogen and oxygen atoms in total. The summed E-state index contributed by atoms with van der Waals surface area (Å²) in [5.41, 5.74) is 0.499. The van der Waals surface area contributed by atoms with Crippen LogP contribution in [0.15, 0.2) is 61.1 Å². The second kappa shape index (κ2) is 9.98. The summed E-state index contributed by atoms with van der Waals surface area (Å²) in [6.07, 6.45) is 2.87. The Morgan fingerprint density at radius 1 is 1.13 bits per heavy atom. The molecule has 3 aromatic carbocycles. The molecule has 5 aromatic rings. The second-order valence-electron chi connectivity index (χ2n) is 9.02. The van der Waals surface area contributed by atoms with Crippen LogP contribution in [-0.2, 0) is 16.6 Å². The van der Waals surface area contributed by atoms with Crippen molar-refractivity contribution in [3.63, 3.8) is 0 Å². The fraction of sp³-hybridized carbons (Fsp3) is 0.143. The molecule has 39 heavy (non-hydrogen) atoms. The molecule has 0 radical (unpaired) electrons. The summed E-state index contributed by atoms with van der Waals surface area (Å²) in [4.78, 5) is 24.6. The third kappa shape index (κ3) is 4.80. The third-order valence-corrected chi connectivity index (χ3v) is 6.45. The zero-order valence-electron chi connectivity index (χ0n) is 20.4. The molecule has 0 bridgehead atoms. The van der Waals surface area contributed by atoms with Gasteiger partial charge in [0.05, 0.1) is 35.4 Å². The summed E-state index contributed by atoms with van der Waals surface area (Å²) >= 11 is 0. The summed E-state index contributed by atoms with van der Waals surface area (Å²) < 4.78 is 49.6. The van der Waals surface area contributed by atoms with Crippen LogP contribution in [0.5, 0.6) is 11.5 Å². The van der Waals surface area contributed by atoms with E-state index in [4.69, 9.17) is 9.84 Å². The van der Waals surface area contributed by atoms with E-state index in [2.05, 4.69) is 26.0 Å². The van der Waals surface area contributed by atoms with E-state index >= 15 is 0 Å². The van der Waals surface area contributed by atoms with Crippen LogP contribution in [-0.4, -0.2) is 31.0 Å². The highest BCUT2D eigenvalue weighted by atomic mass is 19.1.